The fourth-order valence-corrected chi connectivity index (χ4v) is 3.16. The monoisotopic (exact) mass is 238 g/mol. The molecule has 2 N–H and O–H groups in total. The standard InChI is InChI=1S/C14H26N2O/c1-10-6-4-3-5-7-13(10)16-14(17)12-9-15-8-11(12)2/h10-13,15H,3-9H2,1-2H3,(H,16,17)/t10?,11-,12-,13?/m1/s1. The third-order valence-electron chi connectivity index (χ3n) is 4.54. The van der Waals surface area contributed by atoms with Gasteiger partial charge in [0, 0.05) is 12.6 Å². The third-order valence-corrected chi connectivity index (χ3v) is 4.54. The van der Waals surface area contributed by atoms with Crippen LogP contribution >= 0.6 is 0 Å². The predicted octanol–water partition coefficient (Wildman–Crippen LogP) is 1.93. The second-order valence-corrected chi connectivity index (χ2v) is 5.97. The molecule has 0 aromatic carbocycles. The highest BCUT2D eigenvalue weighted by Gasteiger charge is 2.31. The lowest BCUT2D eigenvalue weighted by Gasteiger charge is -2.25. The molecule has 17 heavy (non-hydrogen) atoms. The van der Waals surface area contributed by atoms with E-state index >= 15 is 0 Å². The molecule has 98 valence electrons. The van der Waals surface area contributed by atoms with E-state index in [1.54, 1.807) is 0 Å². The predicted molar refractivity (Wildman–Crippen MR) is 69.7 cm³/mol. The van der Waals surface area contributed by atoms with Crippen molar-refractivity contribution >= 4 is 5.91 Å². The number of nitrogens with one attached hydrogen (secondary N) is 2. The zero-order valence-corrected chi connectivity index (χ0v) is 11.2. The van der Waals surface area contributed by atoms with Crippen molar-refractivity contribution in [3.63, 3.8) is 0 Å². The molecule has 2 unspecified atom stereocenters. The Morgan fingerprint density at radius 1 is 1.06 bits per heavy atom. The highest BCUT2D eigenvalue weighted by molar-refractivity contribution is 5.79. The third kappa shape index (κ3) is 3.21. The van der Waals surface area contributed by atoms with E-state index in [1.807, 2.05) is 0 Å². The van der Waals surface area contributed by atoms with Crippen molar-refractivity contribution < 1.29 is 4.79 Å². The summed E-state index contributed by atoms with van der Waals surface area (Å²) in [7, 11) is 0. The van der Waals surface area contributed by atoms with Crippen LogP contribution in [0.15, 0.2) is 0 Å². The summed E-state index contributed by atoms with van der Waals surface area (Å²) in [5, 5.41) is 6.61. The molecule has 2 rings (SSSR count). The van der Waals surface area contributed by atoms with Crippen molar-refractivity contribution in [2.24, 2.45) is 17.8 Å². The largest absolute Gasteiger partial charge is 0.353 e. The second-order valence-electron chi connectivity index (χ2n) is 5.97. The Morgan fingerprint density at radius 3 is 2.53 bits per heavy atom. The quantitative estimate of drug-likeness (QED) is 0.722. The van der Waals surface area contributed by atoms with Gasteiger partial charge in [-0.1, -0.05) is 33.1 Å². The molecular weight excluding hydrogens is 212 g/mol. The van der Waals surface area contributed by atoms with Gasteiger partial charge in [-0.15, -0.1) is 0 Å². The Hall–Kier alpha value is -0.570. The first-order chi connectivity index (χ1) is 8.18. The van der Waals surface area contributed by atoms with E-state index in [0.717, 1.165) is 13.1 Å². The van der Waals surface area contributed by atoms with Gasteiger partial charge in [0.1, 0.15) is 0 Å². The van der Waals surface area contributed by atoms with Crippen molar-refractivity contribution in [1.82, 2.24) is 10.6 Å². The maximum Gasteiger partial charge on any atom is 0.224 e. The Bertz CT molecular complexity index is 267. The molecule has 0 aromatic heterocycles. The van der Waals surface area contributed by atoms with Crippen LogP contribution in [0.3, 0.4) is 0 Å². The highest BCUT2D eigenvalue weighted by Crippen LogP contribution is 2.24. The van der Waals surface area contributed by atoms with Crippen molar-refractivity contribution in [3.05, 3.63) is 0 Å². The summed E-state index contributed by atoms with van der Waals surface area (Å²) in [5.41, 5.74) is 0. The van der Waals surface area contributed by atoms with Gasteiger partial charge < -0.3 is 10.6 Å². The van der Waals surface area contributed by atoms with Crippen LogP contribution < -0.4 is 10.6 Å². The zero-order valence-electron chi connectivity index (χ0n) is 11.2. The van der Waals surface area contributed by atoms with Gasteiger partial charge >= 0.3 is 0 Å². The fourth-order valence-electron chi connectivity index (χ4n) is 3.16. The zero-order chi connectivity index (χ0) is 12.3. The molecule has 1 saturated carbocycles. The van der Waals surface area contributed by atoms with Crippen molar-refractivity contribution in [2.45, 2.75) is 52.0 Å². The average molecular weight is 238 g/mol. The van der Waals surface area contributed by atoms with Crippen LogP contribution in [0.4, 0.5) is 0 Å². The number of hydrogen-bond donors (Lipinski definition) is 2. The summed E-state index contributed by atoms with van der Waals surface area (Å²) in [6.45, 7) is 6.29. The van der Waals surface area contributed by atoms with E-state index in [9.17, 15) is 4.79 Å². The lowest BCUT2D eigenvalue weighted by molar-refractivity contribution is -0.126. The molecule has 0 spiro atoms. The van der Waals surface area contributed by atoms with Gasteiger partial charge in [-0.2, -0.15) is 0 Å². The van der Waals surface area contributed by atoms with Gasteiger partial charge in [-0.05, 0) is 31.2 Å². The topological polar surface area (TPSA) is 41.1 Å². The summed E-state index contributed by atoms with van der Waals surface area (Å²) >= 11 is 0. The van der Waals surface area contributed by atoms with Gasteiger partial charge in [-0.3, -0.25) is 4.79 Å². The number of amides is 1. The minimum atomic E-state index is 0.186. The molecule has 1 aliphatic heterocycles. The number of carbonyl (C=O) groups excluding carboxylic acids is 1. The smallest absolute Gasteiger partial charge is 0.224 e. The lowest BCUT2D eigenvalue weighted by atomic mass is 9.93. The van der Waals surface area contributed by atoms with Crippen LogP contribution in [0.25, 0.3) is 0 Å². The average Bonchev–Trinajstić information content (AvgIpc) is 2.63. The molecule has 1 saturated heterocycles. The lowest BCUT2D eigenvalue weighted by Crippen LogP contribution is -2.43. The van der Waals surface area contributed by atoms with Crippen LogP contribution in [0.1, 0.15) is 46.0 Å². The Balaban J connectivity index is 1.88. The number of carbonyl (C=O) groups is 1. The molecule has 1 amide bonds. The van der Waals surface area contributed by atoms with Gasteiger partial charge in [0.2, 0.25) is 5.91 Å². The SMILES string of the molecule is CC1CCCCCC1NC(=O)[C@@H]1CNC[C@H]1C. The minimum Gasteiger partial charge on any atom is -0.353 e. The van der Waals surface area contributed by atoms with Crippen molar-refractivity contribution in [3.8, 4) is 0 Å². The molecule has 0 aromatic rings. The Kier molecular flexibility index (Phi) is 4.43. The molecule has 1 heterocycles. The first-order valence-corrected chi connectivity index (χ1v) is 7.19. The van der Waals surface area contributed by atoms with E-state index in [-0.39, 0.29) is 11.8 Å². The van der Waals surface area contributed by atoms with E-state index in [4.69, 9.17) is 0 Å². The van der Waals surface area contributed by atoms with Gasteiger partial charge in [0.25, 0.3) is 0 Å². The maximum absolute atomic E-state index is 12.2. The van der Waals surface area contributed by atoms with Crippen LogP contribution in [0.5, 0.6) is 0 Å². The molecule has 0 radical (unpaired) electrons. The van der Waals surface area contributed by atoms with E-state index in [2.05, 4.69) is 24.5 Å². The van der Waals surface area contributed by atoms with Crippen molar-refractivity contribution in [1.29, 1.82) is 0 Å². The summed E-state index contributed by atoms with van der Waals surface area (Å²) in [6, 6.07) is 0.415. The maximum atomic E-state index is 12.2. The van der Waals surface area contributed by atoms with Crippen LogP contribution in [-0.4, -0.2) is 25.0 Å². The van der Waals surface area contributed by atoms with E-state index in [0.29, 0.717) is 17.9 Å². The molecule has 3 nitrogen and oxygen atoms in total. The Labute approximate surface area is 105 Å². The number of rotatable bonds is 2. The van der Waals surface area contributed by atoms with Crippen LogP contribution in [-0.2, 0) is 4.79 Å². The molecule has 1 aliphatic carbocycles. The molecule has 2 aliphatic rings. The molecular formula is C14H26N2O. The summed E-state index contributed by atoms with van der Waals surface area (Å²) in [5.74, 6) is 1.59. The van der Waals surface area contributed by atoms with E-state index < -0.39 is 0 Å². The van der Waals surface area contributed by atoms with E-state index in [1.165, 1.54) is 32.1 Å². The molecule has 3 heteroatoms. The Morgan fingerprint density at radius 2 is 1.82 bits per heavy atom. The van der Waals surface area contributed by atoms with Crippen LogP contribution in [0.2, 0.25) is 0 Å². The minimum absolute atomic E-state index is 0.186. The second kappa shape index (κ2) is 5.85. The highest BCUT2D eigenvalue weighted by atomic mass is 16.2. The summed E-state index contributed by atoms with van der Waals surface area (Å²) < 4.78 is 0. The molecule has 0 bridgehead atoms. The van der Waals surface area contributed by atoms with Gasteiger partial charge in [0.15, 0.2) is 0 Å². The van der Waals surface area contributed by atoms with Gasteiger partial charge in [-0.25, -0.2) is 0 Å². The summed E-state index contributed by atoms with van der Waals surface area (Å²) in [6.07, 6.45) is 6.37. The van der Waals surface area contributed by atoms with Crippen molar-refractivity contribution in [2.75, 3.05) is 13.1 Å². The van der Waals surface area contributed by atoms with Crippen LogP contribution in [0, 0.1) is 17.8 Å². The first-order valence-electron chi connectivity index (χ1n) is 7.19. The summed E-state index contributed by atoms with van der Waals surface area (Å²) in [4.78, 5) is 12.2. The van der Waals surface area contributed by atoms with Gasteiger partial charge in [0.05, 0.1) is 5.92 Å². The first kappa shape index (κ1) is 12.9. The number of hydrogen-bond acceptors (Lipinski definition) is 2. The fraction of sp³-hybridized carbons (Fsp3) is 0.929. The normalized spacial score (nSPS) is 38.7. The molecule has 2 fully saturated rings. The molecule has 4 atom stereocenters.